The van der Waals surface area contributed by atoms with E-state index in [-0.39, 0.29) is 0 Å². The summed E-state index contributed by atoms with van der Waals surface area (Å²) in [7, 11) is 2.04. The molecule has 2 N–H and O–H groups in total. The highest BCUT2D eigenvalue weighted by Gasteiger charge is 2.22. The van der Waals surface area contributed by atoms with Gasteiger partial charge in [-0.1, -0.05) is 6.42 Å². The molecule has 0 aromatic carbocycles. The summed E-state index contributed by atoms with van der Waals surface area (Å²) >= 11 is 0. The van der Waals surface area contributed by atoms with Crippen LogP contribution in [0.2, 0.25) is 0 Å². The topological polar surface area (TPSA) is 44.0 Å². The highest BCUT2D eigenvalue weighted by atomic mass is 15.2. The predicted octanol–water partition coefficient (Wildman–Crippen LogP) is 2.53. The van der Waals surface area contributed by atoms with Crippen molar-refractivity contribution in [1.82, 2.24) is 20.2 Å². The van der Waals surface area contributed by atoms with Crippen LogP contribution in [-0.2, 0) is 6.54 Å². The largest absolute Gasteiger partial charge is 0.346 e. The zero-order valence-electron chi connectivity index (χ0n) is 12.2. The molecule has 1 atom stereocenters. The lowest BCUT2D eigenvalue weighted by Gasteiger charge is -2.35. The highest BCUT2D eigenvalue weighted by molar-refractivity contribution is 5.79. The molecule has 0 bridgehead atoms. The Labute approximate surface area is 120 Å². The Morgan fingerprint density at radius 2 is 2.40 bits per heavy atom. The number of hydrogen-bond acceptors (Lipinski definition) is 3. The quantitative estimate of drug-likeness (QED) is 0.879. The number of hydrogen-bond donors (Lipinski definition) is 2. The van der Waals surface area contributed by atoms with Crippen LogP contribution in [0.15, 0.2) is 24.5 Å². The second kappa shape index (κ2) is 6.37. The van der Waals surface area contributed by atoms with E-state index in [0.717, 1.165) is 24.8 Å². The molecule has 0 amide bonds. The summed E-state index contributed by atoms with van der Waals surface area (Å²) in [5, 5.41) is 4.55. The van der Waals surface area contributed by atoms with Crippen LogP contribution in [0, 0.1) is 0 Å². The van der Waals surface area contributed by atoms with Crippen LogP contribution in [0.5, 0.6) is 0 Å². The molecule has 1 aliphatic rings. The minimum Gasteiger partial charge on any atom is -0.346 e. The minimum atomic E-state index is 0.720. The number of H-pyrrole nitrogens is 1. The maximum absolute atomic E-state index is 4.38. The van der Waals surface area contributed by atoms with E-state index < -0.39 is 0 Å². The van der Waals surface area contributed by atoms with Crippen molar-refractivity contribution in [3.63, 3.8) is 0 Å². The SMILES string of the molecule is CNCCC1CCCCN1Cc1c[nH]c2ncccc12. The molecule has 3 heterocycles. The van der Waals surface area contributed by atoms with Crippen LogP contribution in [0.25, 0.3) is 11.0 Å². The number of fused-ring (bicyclic) bond motifs is 1. The van der Waals surface area contributed by atoms with Crippen molar-refractivity contribution in [2.24, 2.45) is 0 Å². The van der Waals surface area contributed by atoms with Gasteiger partial charge in [-0.15, -0.1) is 0 Å². The van der Waals surface area contributed by atoms with Gasteiger partial charge in [-0.3, -0.25) is 4.90 Å². The minimum absolute atomic E-state index is 0.720. The number of nitrogens with one attached hydrogen (secondary N) is 2. The maximum atomic E-state index is 4.38. The molecule has 0 spiro atoms. The van der Waals surface area contributed by atoms with E-state index in [1.165, 1.54) is 43.2 Å². The summed E-state index contributed by atoms with van der Waals surface area (Å²) in [6, 6.07) is 4.91. The summed E-state index contributed by atoms with van der Waals surface area (Å²) in [6.45, 7) is 3.37. The van der Waals surface area contributed by atoms with Gasteiger partial charge in [0.2, 0.25) is 0 Å². The van der Waals surface area contributed by atoms with Gasteiger partial charge in [0.05, 0.1) is 0 Å². The van der Waals surface area contributed by atoms with E-state index in [2.05, 4.69) is 32.4 Å². The standard InChI is InChI=1S/C16H24N4/c1-17-9-7-14-5-2-3-10-20(14)12-13-11-19-16-15(13)6-4-8-18-16/h4,6,8,11,14,17H,2-3,5,7,9-10,12H2,1H3,(H,18,19). The van der Waals surface area contributed by atoms with Crippen LogP contribution in [0.4, 0.5) is 0 Å². The van der Waals surface area contributed by atoms with Crippen molar-refractivity contribution in [2.75, 3.05) is 20.1 Å². The number of likely N-dealkylation sites (tertiary alicyclic amines) is 1. The van der Waals surface area contributed by atoms with Crippen molar-refractivity contribution >= 4 is 11.0 Å². The van der Waals surface area contributed by atoms with E-state index >= 15 is 0 Å². The zero-order valence-corrected chi connectivity index (χ0v) is 12.2. The molecule has 2 aromatic rings. The zero-order chi connectivity index (χ0) is 13.8. The van der Waals surface area contributed by atoms with Crippen LogP contribution >= 0.6 is 0 Å². The number of nitrogens with zero attached hydrogens (tertiary/aromatic N) is 2. The van der Waals surface area contributed by atoms with Gasteiger partial charge in [0.25, 0.3) is 0 Å². The number of rotatable bonds is 5. The van der Waals surface area contributed by atoms with Gasteiger partial charge in [-0.05, 0) is 57.1 Å². The molecule has 1 fully saturated rings. The predicted molar refractivity (Wildman–Crippen MR) is 82.7 cm³/mol. The van der Waals surface area contributed by atoms with Crippen molar-refractivity contribution in [2.45, 2.75) is 38.3 Å². The molecule has 0 radical (unpaired) electrons. The molecular formula is C16H24N4. The molecular weight excluding hydrogens is 248 g/mol. The van der Waals surface area contributed by atoms with E-state index in [1.807, 2.05) is 19.3 Å². The van der Waals surface area contributed by atoms with Crippen molar-refractivity contribution in [3.8, 4) is 0 Å². The number of aromatic amines is 1. The fourth-order valence-electron chi connectivity index (χ4n) is 3.27. The van der Waals surface area contributed by atoms with E-state index in [4.69, 9.17) is 0 Å². The summed E-state index contributed by atoms with van der Waals surface area (Å²) in [5.74, 6) is 0. The van der Waals surface area contributed by atoms with Crippen LogP contribution in [-0.4, -0.2) is 41.0 Å². The molecule has 0 aliphatic carbocycles. The fraction of sp³-hybridized carbons (Fsp3) is 0.562. The fourth-order valence-corrected chi connectivity index (χ4v) is 3.27. The van der Waals surface area contributed by atoms with Crippen LogP contribution in [0.3, 0.4) is 0 Å². The monoisotopic (exact) mass is 272 g/mol. The molecule has 4 heteroatoms. The Morgan fingerprint density at radius 3 is 3.30 bits per heavy atom. The van der Waals surface area contributed by atoms with Crippen molar-refractivity contribution in [3.05, 3.63) is 30.1 Å². The summed E-state index contributed by atoms with van der Waals surface area (Å²) in [6.07, 6.45) is 9.26. The molecule has 20 heavy (non-hydrogen) atoms. The Morgan fingerprint density at radius 1 is 1.45 bits per heavy atom. The lowest BCUT2D eigenvalue weighted by Crippen LogP contribution is -2.40. The molecule has 1 aliphatic heterocycles. The Kier molecular flexibility index (Phi) is 4.33. The number of pyridine rings is 1. The summed E-state index contributed by atoms with van der Waals surface area (Å²) in [4.78, 5) is 10.3. The first kappa shape index (κ1) is 13.6. The number of aromatic nitrogens is 2. The van der Waals surface area contributed by atoms with Crippen LogP contribution < -0.4 is 5.32 Å². The normalized spacial score (nSPS) is 20.6. The van der Waals surface area contributed by atoms with Gasteiger partial charge in [0.15, 0.2) is 0 Å². The van der Waals surface area contributed by atoms with Gasteiger partial charge in [-0.2, -0.15) is 0 Å². The van der Waals surface area contributed by atoms with Gasteiger partial charge in [0, 0.05) is 30.4 Å². The van der Waals surface area contributed by atoms with E-state index in [0.29, 0.717) is 0 Å². The van der Waals surface area contributed by atoms with Crippen molar-refractivity contribution < 1.29 is 0 Å². The average molecular weight is 272 g/mol. The van der Waals surface area contributed by atoms with Gasteiger partial charge >= 0.3 is 0 Å². The molecule has 0 saturated carbocycles. The third-order valence-corrected chi connectivity index (χ3v) is 4.39. The first-order valence-electron chi connectivity index (χ1n) is 7.68. The number of piperidine rings is 1. The van der Waals surface area contributed by atoms with Gasteiger partial charge in [0.1, 0.15) is 5.65 Å². The molecule has 2 aromatic heterocycles. The summed E-state index contributed by atoms with van der Waals surface area (Å²) in [5.41, 5.74) is 2.38. The second-order valence-electron chi connectivity index (χ2n) is 5.73. The third kappa shape index (κ3) is 2.86. The lowest BCUT2D eigenvalue weighted by atomic mass is 9.98. The average Bonchev–Trinajstić information content (AvgIpc) is 2.90. The molecule has 4 nitrogen and oxygen atoms in total. The first-order chi connectivity index (χ1) is 9.88. The van der Waals surface area contributed by atoms with Crippen molar-refractivity contribution in [1.29, 1.82) is 0 Å². The van der Waals surface area contributed by atoms with E-state index in [9.17, 15) is 0 Å². The highest BCUT2D eigenvalue weighted by Crippen LogP contribution is 2.24. The van der Waals surface area contributed by atoms with Gasteiger partial charge < -0.3 is 10.3 Å². The molecule has 108 valence electrons. The summed E-state index contributed by atoms with van der Waals surface area (Å²) < 4.78 is 0. The Balaban J connectivity index is 1.74. The Hall–Kier alpha value is -1.39. The van der Waals surface area contributed by atoms with Crippen LogP contribution in [0.1, 0.15) is 31.2 Å². The second-order valence-corrected chi connectivity index (χ2v) is 5.73. The Bertz CT molecular complexity index is 548. The smallest absolute Gasteiger partial charge is 0.137 e. The lowest BCUT2D eigenvalue weighted by molar-refractivity contribution is 0.133. The molecule has 3 rings (SSSR count). The molecule has 1 saturated heterocycles. The maximum Gasteiger partial charge on any atom is 0.137 e. The van der Waals surface area contributed by atoms with Gasteiger partial charge in [-0.25, -0.2) is 4.98 Å². The van der Waals surface area contributed by atoms with E-state index in [1.54, 1.807) is 0 Å². The first-order valence-corrected chi connectivity index (χ1v) is 7.68. The molecule has 1 unspecified atom stereocenters. The third-order valence-electron chi connectivity index (χ3n) is 4.39.